The molecule has 0 aromatic rings. The number of amides is 1. The molecule has 0 aliphatic rings. The molecule has 0 heterocycles. The molecule has 0 aromatic heterocycles. The van der Waals surface area contributed by atoms with Gasteiger partial charge < -0.3 is 11.1 Å². The van der Waals surface area contributed by atoms with Gasteiger partial charge in [-0.05, 0) is 13.3 Å². The minimum atomic E-state index is -0.818. The Hall–Kier alpha value is -1.30. The van der Waals surface area contributed by atoms with Crippen LogP contribution in [0.3, 0.4) is 0 Å². The van der Waals surface area contributed by atoms with Crippen molar-refractivity contribution in [2.24, 2.45) is 16.6 Å². The van der Waals surface area contributed by atoms with Crippen molar-refractivity contribution in [3.05, 3.63) is 0 Å². The third kappa shape index (κ3) is 2.90. The van der Waals surface area contributed by atoms with Crippen molar-refractivity contribution in [2.45, 2.75) is 25.8 Å². The van der Waals surface area contributed by atoms with Gasteiger partial charge in [0.1, 0.15) is 5.54 Å². The zero-order valence-corrected chi connectivity index (χ0v) is 8.22. The molecule has 0 fully saturated rings. The van der Waals surface area contributed by atoms with Gasteiger partial charge in [0.15, 0.2) is 0 Å². The Kier molecular flexibility index (Phi) is 4.19. The number of hydrogen-bond donors (Lipinski definition) is 4. The number of rotatable bonds is 3. The van der Waals surface area contributed by atoms with Crippen LogP contribution in [0.15, 0.2) is 4.99 Å². The topological polar surface area (TPSA) is 106 Å². The molecule has 0 bridgehead atoms. The Balaban J connectivity index is 4.53. The van der Waals surface area contributed by atoms with Gasteiger partial charge in [0, 0.05) is 7.05 Å². The molecule has 0 aliphatic carbocycles. The Morgan fingerprint density at radius 1 is 1.62 bits per heavy atom. The summed E-state index contributed by atoms with van der Waals surface area (Å²) in [6.45, 7) is 3.54. The molecule has 0 spiro atoms. The fraction of sp³-hybridized carbons (Fsp3) is 0.714. The van der Waals surface area contributed by atoms with Crippen LogP contribution >= 0.6 is 0 Å². The lowest BCUT2D eigenvalue weighted by Gasteiger charge is -2.27. The van der Waals surface area contributed by atoms with Crippen LogP contribution in [0.25, 0.3) is 0 Å². The first-order valence-corrected chi connectivity index (χ1v) is 4.01. The van der Waals surface area contributed by atoms with E-state index in [-0.39, 0.29) is 0 Å². The van der Waals surface area contributed by atoms with Crippen molar-refractivity contribution in [3.63, 3.8) is 0 Å². The lowest BCUT2D eigenvalue weighted by atomic mass is 9.98. The van der Waals surface area contributed by atoms with E-state index in [2.05, 4.69) is 15.7 Å². The van der Waals surface area contributed by atoms with Crippen LogP contribution in [0.4, 0.5) is 0 Å². The number of hydrogen-bond acceptors (Lipinski definition) is 3. The highest BCUT2D eigenvalue weighted by Gasteiger charge is 2.29. The Bertz CT molecular complexity index is 215. The van der Waals surface area contributed by atoms with E-state index in [0.717, 1.165) is 0 Å². The van der Waals surface area contributed by atoms with E-state index in [4.69, 9.17) is 11.6 Å². The first-order chi connectivity index (χ1) is 6.00. The van der Waals surface area contributed by atoms with Gasteiger partial charge in [-0.3, -0.25) is 15.2 Å². The van der Waals surface area contributed by atoms with Gasteiger partial charge in [0.05, 0.1) is 0 Å². The van der Waals surface area contributed by atoms with Crippen molar-refractivity contribution in [3.8, 4) is 0 Å². The highest BCUT2D eigenvalue weighted by Crippen LogP contribution is 2.07. The summed E-state index contributed by atoms with van der Waals surface area (Å²) in [5.74, 6) is 5.05. The molecule has 6 nitrogen and oxygen atoms in total. The number of carbonyl (C=O) groups excluding carboxylic acids is 1. The molecule has 1 unspecified atom stereocenters. The number of aliphatic imine (C=N–C) groups is 1. The normalized spacial score (nSPS) is 16.2. The predicted octanol–water partition coefficient (Wildman–Crippen LogP) is -1.32. The largest absolute Gasteiger partial charge is 0.368 e. The summed E-state index contributed by atoms with van der Waals surface area (Å²) in [6, 6.07) is 0. The van der Waals surface area contributed by atoms with Gasteiger partial charge >= 0.3 is 0 Å². The molecule has 76 valence electrons. The van der Waals surface area contributed by atoms with Crippen LogP contribution in [0.2, 0.25) is 0 Å². The summed E-state index contributed by atoms with van der Waals surface area (Å²) in [7, 11) is 1.55. The zero-order chi connectivity index (χ0) is 10.5. The van der Waals surface area contributed by atoms with Crippen LogP contribution in [0.1, 0.15) is 20.3 Å². The van der Waals surface area contributed by atoms with E-state index in [1.807, 2.05) is 6.92 Å². The first-order valence-electron chi connectivity index (χ1n) is 4.01. The van der Waals surface area contributed by atoms with Gasteiger partial charge in [-0.2, -0.15) is 0 Å². The van der Waals surface area contributed by atoms with Crippen LogP contribution in [0.5, 0.6) is 0 Å². The average Bonchev–Trinajstić information content (AvgIpc) is 2.13. The fourth-order valence-electron chi connectivity index (χ4n) is 0.742. The number of guanidine groups is 1. The molecular weight excluding hydrogens is 170 g/mol. The van der Waals surface area contributed by atoms with Crippen LogP contribution in [-0.4, -0.2) is 24.5 Å². The molecule has 0 aromatic carbocycles. The standard InChI is InChI=1S/C7H17N5O/c1-4-7(2,5(8)13)11-6(10-3)12-9/h4,9H2,1-3H3,(H2,8,13)(H2,10,11,12). The van der Waals surface area contributed by atoms with E-state index in [1.165, 1.54) is 0 Å². The maximum atomic E-state index is 11.1. The van der Waals surface area contributed by atoms with Gasteiger partial charge in [0.2, 0.25) is 11.9 Å². The Labute approximate surface area is 77.7 Å². The van der Waals surface area contributed by atoms with E-state index in [0.29, 0.717) is 12.4 Å². The molecule has 0 rings (SSSR count). The molecular formula is C7H17N5O. The summed E-state index contributed by atoms with van der Waals surface area (Å²) in [5, 5.41) is 2.82. The Morgan fingerprint density at radius 3 is 2.38 bits per heavy atom. The molecule has 1 amide bonds. The second-order valence-corrected chi connectivity index (χ2v) is 2.89. The lowest BCUT2D eigenvalue weighted by Crippen LogP contribution is -2.58. The number of hydrazine groups is 1. The van der Waals surface area contributed by atoms with Gasteiger partial charge in [-0.25, -0.2) is 5.84 Å². The minimum Gasteiger partial charge on any atom is -0.368 e. The minimum absolute atomic E-state index is 0.336. The van der Waals surface area contributed by atoms with Crippen molar-refractivity contribution in [1.29, 1.82) is 0 Å². The van der Waals surface area contributed by atoms with Crippen LogP contribution in [0, 0.1) is 0 Å². The summed E-state index contributed by atoms with van der Waals surface area (Å²) in [5.41, 5.74) is 6.72. The first kappa shape index (κ1) is 11.7. The Morgan fingerprint density at radius 2 is 2.15 bits per heavy atom. The maximum Gasteiger partial charge on any atom is 0.242 e. The maximum absolute atomic E-state index is 11.1. The average molecular weight is 187 g/mol. The highest BCUT2D eigenvalue weighted by molar-refractivity contribution is 5.90. The summed E-state index contributed by atoms with van der Waals surface area (Å²) in [4.78, 5) is 14.8. The van der Waals surface area contributed by atoms with E-state index in [1.54, 1.807) is 14.0 Å². The summed E-state index contributed by atoms with van der Waals surface area (Å²) < 4.78 is 0. The number of carbonyl (C=O) groups is 1. The second-order valence-electron chi connectivity index (χ2n) is 2.89. The van der Waals surface area contributed by atoms with E-state index < -0.39 is 11.4 Å². The molecule has 6 N–H and O–H groups in total. The van der Waals surface area contributed by atoms with E-state index >= 15 is 0 Å². The molecule has 0 saturated heterocycles. The molecule has 6 heteroatoms. The monoisotopic (exact) mass is 187 g/mol. The van der Waals surface area contributed by atoms with Crippen LogP contribution < -0.4 is 22.3 Å². The highest BCUT2D eigenvalue weighted by atomic mass is 16.1. The van der Waals surface area contributed by atoms with Gasteiger partial charge in [-0.1, -0.05) is 6.92 Å². The number of nitrogens with zero attached hydrogens (tertiary/aromatic N) is 1. The van der Waals surface area contributed by atoms with Crippen molar-refractivity contribution >= 4 is 11.9 Å². The number of nitrogens with two attached hydrogens (primary N) is 2. The van der Waals surface area contributed by atoms with Crippen molar-refractivity contribution < 1.29 is 4.79 Å². The van der Waals surface area contributed by atoms with Crippen molar-refractivity contribution in [1.82, 2.24) is 10.7 Å². The molecule has 0 aliphatic heterocycles. The van der Waals surface area contributed by atoms with Gasteiger partial charge in [0.25, 0.3) is 0 Å². The third-order valence-corrected chi connectivity index (χ3v) is 2.01. The lowest BCUT2D eigenvalue weighted by molar-refractivity contribution is -0.123. The summed E-state index contributed by atoms with van der Waals surface area (Å²) >= 11 is 0. The van der Waals surface area contributed by atoms with E-state index in [9.17, 15) is 4.79 Å². The predicted molar refractivity (Wildman–Crippen MR) is 51.7 cm³/mol. The molecule has 1 atom stereocenters. The number of primary amides is 1. The van der Waals surface area contributed by atoms with Crippen molar-refractivity contribution in [2.75, 3.05) is 7.05 Å². The number of nitrogens with one attached hydrogen (secondary N) is 2. The SMILES string of the molecule is CCC(C)(NC(=NC)NN)C(N)=O. The molecule has 0 saturated carbocycles. The van der Waals surface area contributed by atoms with Crippen LogP contribution in [-0.2, 0) is 4.79 Å². The quantitative estimate of drug-likeness (QED) is 0.190. The summed E-state index contributed by atoms with van der Waals surface area (Å²) in [6.07, 6.45) is 0.559. The fourth-order valence-corrected chi connectivity index (χ4v) is 0.742. The smallest absolute Gasteiger partial charge is 0.242 e. The third-order valence-electron chi connectivity index (χ3n) is 2.01. The zero-order valence-electron chi connectivity index (χ0n) is 8.22. The molecule has 13 heavy (non-hydrogen) atoms. The van der Waals surface area contributed by atoms with Gasteiger partial charge in [-0.15, -0.1) is 0 Å². The molecule has 0 radical (unpaired) electrons. The second kappa shape index (κ2) is 4.66.